The van der Waals surface area contributed by atoms with E-state index in [1.165, 1.54) is 11.1 Å². The van der Waals surface area contributed by atoms with Crippen molar-refractivity contribution >= 4 is 29.5 Å². The minimum absolute atomic E-state index is 0.0562. The van der Waals surface area contributed by atoms with Gasteiger partial charge in [0.1, 0.15) is 0 Å². The number of nitrogens with zero attached hydrogens (tertiary/aromatic N) is 1. The Morgan fingerprint density at radius 3 is 1.94 bits per heavy atom. The SMILES string of the molecule is O=C(NCc1ccccc1)c1ccc(Cc2ccc(NC3=NCCN3)cc2)cc1.O=C(O)C(=O)O. The van der Waals surface area contributed by atoms with E-state index in [0.29, 0.717) is 12.1 Å². The second-order valence-corrected chi connectivity index (χ2v) is 7.63. The van der Waals surface area contributed by atoms with Gasteiger partial charge in [-0.15, -0.1) is 0 Å². The summed E-state index contributed by atoms with van der Waals surface area (Å²) in [5.41, 5.74) is 5.18. The lowest BCUT2D eigenvalue weighted by atomic mass is 10.0. The number of anilines is 1. The molecule has 180 valence electrons. The summed E-state index contributed by atoms with van der Waals surface area (Å²) in [6.07, 6.45) is 0.825. The monoisotopic (exact) mass is 474 g/mol. The van der Waals surface area contributed by atoms with Gasteiger partial charge in [0.2, 0.25) is 0 Å². The van der Waals surface area contributed by atoms with Crippen molar-refractivity contribution in [1.29, 1.82) is 0 Å². The number of carboxylic acid groups (broad SMARTS) is 2. The molecule has 0 fully saturated rings. The van der Waals surface area contributed by atoms with Crippen LogP contribution in [0.3, 0.4) is 0 Å². The van der Waals surface area contributed by atoms with Gasteiger partial charge >= 0.3 is 11.9 Å². The van der Waals surface area contributed by atoms with Gasteiger partial charge in [0, 0.05) is 24.3 Å². The topological polar surface area (TPSA) is 140 Å². The minimum atomic E-state index is -1.82. The molecule has 0 saturated carbocycles. The normalized spacial score (nSPS) is 11.8. The Kier molecular flexibility index (Phi) is 8.95. The smallest absolute Gasteiger partial charge is 0.414 e. The van der Waals surface area contributed by atoms with Crippen LogP contribution in [0.25, 0.3) is 0 Å². The number of nitrogens with one attached hydrogen (secondary N) is 3. The fraction of sp³-hybridized carbons (Fsp3) is 0.154. The zero-order valence-corrected chi connectivity index (χ0v) is 18.9. The van der Waals surface area contributed by atoms with E-state index in [1.54, 1.807) is 0 Å². The van der Waals surface area contributed by atoms with Gasteiger partial charge in [-0.05, 0) is 47.4 Å². The quantitative estimate of drug-likeness (QED) is 0.346. The zero-order chi connectivity index (χ0) is 25.0. The van der Waals surface area contributed by atoms with Crippen molar-refractivity contribution < 1.29 is 24.6 Å². The largest absolute Gasteiger partial charge is 0.473 e. The number of hydrogen-bond acceptors (Lipinski definition) is 6. The molecule has 3 aromatic rings. The van der Waals surface area contributed by atoms with Gasteiger partial charge in [-0.2, -0.15) is 0 Å². The molecule has 0 atom stereocenters. The van der Waals surface area contributed by atoms with E-state index >= 15 is 0 Å². The highest BCUT2D eigenvalue weighted by molar-refractivity contribution is 6.27. The zero-order valence-electron chi connectivity index (χ0n) is 18.9. The van der Waals surface area contributed by atoms with Gasteiger partial charge in [-0.3, -0.25) is 9.79 Å². The van der Waals surface area contributed by atoms with Crippen LogP contribution in [-0.4, -0.2) is 47.1 Å². The summed E-state index contributed by atoms with van der Waals surface area (Å²) in [7, 11) is 0. The number of carbonyl (C=O) groups excluding carboxylic acids is 1. The van der Waals surface area contributed by atoms with E-state index in [4.69, 9.17) is 19.8 Å². The second-order valence-electron chi connectivity index (χ2n) is 7.63. The van der Waals surface area contributed by atoms with Crippen molar-refractivity contribution in [3.8, 4) is 0 Å². The van der Waals surface area contributed by atoms with Gasteiger partial charge in [0.15, 0.2) is 5.96 Å². The molecule has 5 N–H and O–H groups in total. The summed E-state index contributed by atoms with van der Waals surface area (Å²) >= 11 is 0. The molecule has 9 nitrogen and oxygen atoms in total. The van der Waals surface area contributed by atoms with Gasteiger partial charge in [0.05, 0.1) is 6.54 Å². The number of aliphatic carboxylic acids is 2. The first-order chi connectivity index (χ1) is 16.9. The Labute approximate surface area is 202 Å². The highest BCUT2D eigenvalue weighted by Gasteiger charge is 2.07. The summed E-state index contributed by atoms with van der Waals surface area (Å²) in [4.78, 5) is 34.9. The van der Waals surface area contributed by atoms with Gasteiger partial charge < -0.3 is 26.2 Å². The van der Waals surface area contributed by atoms with Crippen LogP contribution < -0.4 is 16.0 Å². The van der Waals surface area contributed by atoms with Crippen molar-refractivity contribution in [3.63, 3.8) is 0 Å². The van der Waals surface area contributed by atoms with E-state index in [2.05, 4.69) is 45.2 Å². The van der Waals surface area contributed by atoms with Crippen LogP contribution >= 0.6 is 0 Å². The molecule has 4 rings (SSSR count). The van der Waals surface area contributed by atoms with Crippen LogP contribution in [0.1, 0.15) is 27.0 Å². The summed E-state index contributed by atoms with van der Waals surface area (Å²) in [6.45, 7) is 2.24. The Morgan fingerprint density at radius 2 is 1.40 bits per heavy atom. The van der Waals surface area contributed by atoms with Crippen molar-refractivity contribution in [3.05, 3.63) is 101 Å². The molecular formula is C26H26N4O5. The Bertz CT molecular complexity index is 1160. The van der Waals surface area contributed by atoms with Gasteiger partial charge in [-0.25, -0.2) is 9.59 Å². The molecule has 0 radical (unpaired) electrons. The maximum absolute atomic E-state index is 12.3. The molecule has 0 aromatic heterocycles. The Balaban J connectivity index is 0.000000509. The molecule has 1 heterocycles. The number of benzene rings is 3. The molecule has 35 heavy (non-hydrogen) atoms. The van der Waals surface area contributed by atoms with Crippen LogP contribution in [0.4, 0.5) is 5.69 Å². The lowest BCUT2D eigenvalue weighted by molar-refractivity contribution is -0.159. The van der Waals surface area contributed by atoms with E-state index in [1.807, 2.05) is 54.6 Å². The van der Waals surface area contributed by atoms with Crippen molar-refractivity contribution in [1.82, 2.24) is 10.6 Å². The van der Waals surface area contributed by atoms with E-state index < -0.39 is 11.9 Å². The standard InChI is InChI=1S/C24H24N4O.C2H2O4/c29-23(27-17-20-4-2-1-3-5-20)21-10-6-18(7-11-21)16-19-8-12-22(13-9-19)28-24-25-14-15-26-24;3-1(4)2(5)6/h1-13H,14-17H2,(H,27,29)(H2,25,26,28);(H,3,4)(H,5,6). The molecule has 0 saturated heterocycles. The van der Waals surface area contributed by atoms with Crippen LogP contribution in [0.15, 0.2) is 83.9 Å². The van der Waals surface area contributed by atoms with Gasteiger partial charge in [0.25, 0.3) is 5.91 Å². The van der Waals surface area contributed by atoms with E-state index in [0.717, 1.165) is 36.7 Å². The lowest BCUT2D eigenvalue weighted by Crippen LogP contribution is -2.26. The molecule has 0 spiro atoms. The highest BCUT2D eigenvalue weighted by Crippen LogP contribution is 2.15. The fourth-order valence-corrected chi connectivity index (χ4v) is 3.21. The first kappa shape index (κ1) is 25.0. The minimum Gasteiger partial charge on any atom is -0.473 e. The maximum Gasteiger partial charge on any atom is 0.414 e. The first-order valence-corrected chi connectivity index (χ1v) is 10.9. The average Bonchev–Trinajstić information content (AvgIpc) is 3.38. The number of carbonyl (C=O) groups is 3. The number of amides is 1. The lowest BCUT2D eigenvalue weighted by Gasteiger charge is -2.09. The second kappa shape index (κ2) is 12.5. The summed E-state index contributed by atoms with van der Waals surface area (Å²) < 4.78 is 0. The third-order valence-electron chi connectivity index (χ3n) is 4.99. The molecule has 1 aliphatic rings. The van der Waals surface area contributed by atoms with Crippen LogP contribution in [0, 0.1) is 0 Å². The number of hydrogen-bond donors (Lipinski definition) is 5. The van der Waals surface area contributed by atoms with Crippen molar-refractivity contribution in [2.45, 2.75) is 13.0 Å². The van der Waals surface area contributed by atoms with Crippen LogP contribution in [-0.2, 0) is 22.6 Å². The first-order valence-electron chi connectivity index (χ1n) is 10.9. The van der Waals surface area contributed by atoms with Crippen molar-refractivity contribution in [2.24, 2.45) is 4.99 Å². The summed E-state index contributed by atoms with van der Waals surface area (Å²) in [6, 6.07) is 26.0. The number of guanidine groups is 1. The summed E-state index contributed by atoms with van der Waals surface area (Å²) in [5, 5.41) is 24.2. The summed E-state index contributed by atoms with van der Waals surface area (Å²) in [5.74, 6) is -2.87. The fourth-order valence-electron chi connectivity index (χ4n) is 3.21. The van der Waals surface area contributed by atoms with Crippen LogP contribution in [0.2, 0.25) is 0 Å². The molecule has 1 amide bonds. The van der Waals surface area contributed by atoms with E-state index in [9.17, 15) is 4.79 Å². The average molecular weight is 475 g/mol. The Hall–Kier alpha value is -4.66. The van der Waals surface area contributed by atoms with E-state index in [-0.39, 0.29) is 5.91 Å². The van der Waals surface area contributed by atoms with Crippen LogP contribution in [0.5, 0.6) is 0 Å². The number of rotatable bonds is 6. The molecule has 1 aliphatic heterocycles. The predicted molar refractivity (Wildman–Crippen MR) is 133 cm³/mol. The molecule has 0 unspecified atom stereocenters. The Morgan fingerprint density at radius 1 is 0.800 bits per heavy atom. The molecule has 9 heteroatoms. The molecule has 0 aliphatic carbocycles. The van der Waals surface area contributed by atoms with Crippen molar-refractivity contribution in [2.75, 3.05) is 18.4 Å². The third-order valence-corrected chi connectivity index (χ3v) is 4.99. The highest BCUT2D eigenvalue weighted by atomic mass is 16.4. The third kappa shape index (κ3) is 8.32. The number of carboxylic acids is 2. The predicted octanol–water partition coefficient (Wildman–Crippen LogP) is 2.73. The molecular weight excluding hydrogens is 448 g/mol. The molecule has 0 bridgehead atoms. The van der Waals surface area contributed by atoms with Gasteiger partial charge in [-0.1, -0.05) is 54.6 Å². The number of aliphatic imine (C=N–C) groups is 1. The maximum atomic E-state index is 12.3. The molecule has 3 aromatic carbocycles.